The number of nitrogens with zero attached hydrogens (tertiary/aromatic N) is 3. The fraction of sp³-hybridized carbons (Fsp3) is 0.0833. The van der Waals surface area contributed by atoms with Gasteiger partial charge >= 0.3 is 0 Å². The van der Waals surface area contributed by atoms with Crippen molar-refractivity contribution in [3.8, 4) is 5.75 Å². The van der Waals surface area contributed by atoms with E-state index in [4.69, 9.17) is 4.74 Å². The van der Waals surface area contributed by atoms with Crippen LogP contribution < -0.4 is 10.1 Å². The van der Waals surface area contributed by atoms with Gasteiger partial charge in [0.05, 0.1) is 5.70 Å². The van der Waals surface area contributed by atoms with E-state index in [9.17, 15) is 4.39 Å². The molecule has 2 atom stereocenters. The van der Waals surface area contributed by atoms with Gasteiger partial charge in [0.25, 0.3) is 0 Å². The molecule has 3 heterocycles. The molecule has 31 heavy (non-hydrogen) atoms. The van der Waals surface area contributed by atoms with Gasteiger partial charge in [-0.25, -0.2) is 9.07 Å². The molecule has 0 saturated carbocycles. The maximum Gasteiger partial charge on any atom is 0.226 e. The van der Waals surface area contributed by atoms with Crippen molar-refractivity contribution in [3.63, 3.8) is 0 Å². The Morgan fingerprint density at radius 3 is 2.48 bits per heavy atom. The van der Waals surface area contributed by atoms with Crippen molar-refractivity contribution in [1.82, 2.24) is 14.8 Å². The van der Waals surface area contributed by atoms with Crippen molar-refractivity contribution in [2.75, 3.05) is 5.32 Å². The second-order valence-electron chi connectivity index (χ2n) is 7.48. The molecule has 0 radical (unpaired) electrons. The smallest absolute Gasteiger partial charge is 0.226 e. The second-order valence-corrected chi connectivity index (χ2v) is 8.40. The Balaban J connectivity index is 1.62. The largest absolute Gasteiger partial charge is 0.480 e. The van der Waals surface area contributed by atoms with Crippen molar-refractivity contribution in [3.05, 3.63) is 112 Å². The Bertz CT molecular complexity index is 1310. The summed E-state index contributed by atoms with van der Waals surface area (Å²) in [7, 11) is 0. The number of anilines is 1. The van der Waals surface area contributed by atoms with E-state index in [0.29, 0.717) is 5.95 Å². The van der Waals surface area contributed by atoms with Gasteiger partial charge in [-0.2, -0.15) is 10.1 Å². The van der Waals surface area contributed by atoms with Gasteiger partial charge in [-0.1, -0.05) is 52.3 Å². The number of hydrogen-bond acceptors (Lipinski definition) is 4. The maximum absolute atomic E-state index is 13.7. The second kappa shape index (κ2) is 7.06. The van der Waals surface area contributed by atoms with Crippen LogP contribution in [0.2, 0.25) is 0 Å². The van der Waals surface area contributed by atoms with E-state index in [0.717, 1.165) is 38.2 Å². The molecule has 1 aromatic heterocycles. The molecule has 3 aromatic carbocycles. The van der Waals surface area contributed by atoms with E-state index in [1.165, 1.54) is 12.1 Å². The first-order valence-corrected chi connectivity index (χ1v) is 10.7. The summed E-state index contributed by atoms with van der Waals surface area (Å²) >= 11 is 3.52. The summed E-state index contributed by atoms with van der Waals surface area (Å²) in [6, 6.07) is 22.3. The minimum absolute atomic E-state index is 0.231. The summed E-state index contributed by atoms with van der Waals surface area (Å²) in [4.78, 5) is 4.43. The monoisotopic (exact) mass is 474 g/mol. The van der Waals surface area contributed by atoms with Crippen LogP contribution in [0.3, 0.4) is 0 Å². The highest BCUT2D eigenvalue weighted by Gasteiger charge is 2.40. The van der Waals surface area contributed by atoms with E-state index < -0.39 is 6.10 Å². The number of aromatic nitrogens is 3. The summed E-state index contributed by atoms with van der Waals surface area (Å²) in [6.07, 6.45) is 1.13. The van der Waals surface area contributed by atoms with Gasteiger partial charge in [0.2, 0.25) is 5.95 Å². The number of halogens is 2. The Morgan fingerprint density at radius 2 is 1.68 bits per heavy atom. The normalized spacial score (nSPS) is 19.0. The van der Waals surface area contributed by atoms with Gasteiger partial charge in [-0.05, 0) is 47.5 Å². The predicted octanol–water partition coefficient (Wildman–Crippen LogP) is 5.74. The molecule has 2 aliphatic rings. The number of hydrogen-bond donors (Lipinski definition) is 1. The number of nitrogens with one attached hydrogen (secondary N) is 1. The van der Waals surface area contributed by atoms with Crippen LogP contribution >= 0.6 is 15.9 Å². The lowest BCUT2D eigenvalue weighted by Gasteiger charge is -2.39. The topological polar surface area (TPSA) is 52.0 Å². The van der Waals surface area contributed by atoms with Gasteiger partial charge < -0.3 is 10.1 Å². The third kappa shape index (κ3) is 2.96. The number of rotatable bonds is 2. The Kier molecular flexibility index (Phi) is 4.17. The summed E-state index contributed by atoms with van der Waals surface area (Å²) in [5, 5.41) is 7.97. The Morgan fingerprint density at radius 1 is 0.935 bits per heavy atom. The van der Waals surface area contributed by atoms with Crippen molar-refractivity contribution in [2.24, 2.45) is 0 Å². The minimum Gasteiger partial charge on any atom is -0.480 e. The molecule has 0 amide bonds. The molecule has 0 aliphatic carbocycles. The Labute approximate surface area is 186 Å². The number of ether oxygens (including phenoxy) is 1. The Hall–Kier alpha value is -3.45. The van der Waals surface area contributed by atoms with Crippen molar-refractivity contribution < 1.29 is 9.13 Å². The van der Waals surface area contributed by atoms with Crippen molar-refractivity contribution >= 4 is 27.6 Å². The highest BCUT2D eigenvalue weighted by atomic mass is 79.9. The van der Waals surface area contributed by atoms with Crippen LogP contribution in [0, 0.1) is 5.82 Å². The van der Waals surface area contributed by atoms with Crippen LogP contribution in [0.5, 0.6) is 5.75 Å². The van der Waals surface area contributed by atoms with Crippen LogP contribution in [0.4, 0.5) is 10.3 Å². The van der Waals surface area contributed by atoms with Gasteiger partial charge in [0, 0.05) is 15.6 Å². The molecule has 4 aromatic rings. The molecule has 0 fully saturated rings. The van der Waals surface area contributed by atoms with Crippen LogP contribution in [0.25, 0.3) is 5.70 Å². The molecule has 0 saturated heterocycles. The number of benzene rings is 3. The molecule has 0 bridgehead atoms. The highest BCUT2D eigenvalue weighted by Crippen LogP contribution is 2.50. The zero-order valence-corrected chi connectivity index (χ0v) is 17.8. The molecule has 1 N–H and O–H groups in total. The van der Waals surface area contributed by atoms with E-state index in [2.05, 4.69) is 43.5 Å². The lowest BCUT2D eigenvalue weighted by molar-refractivity contribution is 0.223. The van der Waals surface area contributed by atoms with Gasteiger partial charge in [0.1, 0.15) is 30.0 Å². The lowest BCUT2D eigenvalue weighted by atomic mass is 9.84. The highest BCUT2D eigenvalue weighted by molar-refractivity contribution is 9.10. The predicted molar refractivity (Wildman–Crippen MR) is 119 cm³/mol. The van der Waals surface area contributed by atoms with Crippen LogP contribution in [0.1, 0.15) is 28.8 Å². The van der Waals surface area contributed by atoms with E-state index in [1.807, 2.05) is 41.1 Å². The molecule has 0 unspecified atom stereocenters. The first kappa shape index (κ1) is 18.3. The first-order valence-electron chi connectivity index (χ1n) is 9.86. The van der Waals surface area contributed by atoms with Crippen LogP contribution in [-0.2, 0) is 0 Å². The molecule has 2 aliphatic heterocycles. The van der Waals surface area contributed by atoms with Crippen molar-refractivity contribution in [1.29, 1.82) is 0 Å². The molecule has 0 spiro atoms. The lowest BCUT2D eigenvalue weighted by Crippen LogP contribution is -2.32. The van der Waals surface area contributed by atoms with E-state index in [1.54, 1.807) is 18.5 Å². The molecule has 152 valence electrons. The summed E-state index contributed by atoms with van der Waals surface area (Å²) in [5.74, 6) is 1.16. The van der Waals surface area contributed by atoms with E-state index >= 15 is 0 Å². The van der Waals surface area contributed by atoms with Crippen molar-refractivity contribution in [2.45, 2.75) is 12.1 Å². The van der Waals surface area contributed by atoms with Gasteiger partial charge in [0.15, 0.2) is 0 Å². The maximum atomic E-state index is 13.7. The molecular weight excluding hydrogens is 459 g/mol. The summed E-state index contributed by atoms with van der Waals surface area (Å²) < 4.78 is 23.0. The van der Waals surface area contributed by atoms with E-state index in [-0.39, 0.29) is 11.9 Å². The fourth-order valence-corrected chi connectivity index (χ4v) is 4.56. The van der Waals surface area contributed by atoms with Gasteiger partial charge in [-0.3, -0.25) is 0 Å². The zero-order chi connectivity index (χ0) is 20.9. The zero-order valence-electron chi connectivity index (χ0n) is 16.2. The average molecular weight is 475 g/mol. The first-order chi connectivity index (χ1) is 15.2. The summed E-state index contributed by atoms with van der Waals surface area (Å²) in [6.45, 7) is 0. The molecule has 6 rings (SSSR count). The summed E-state index contributed by atoms with van der Waals surface area (Å²) in [5.41, 5.74) is 4.84. The third-order valence-corrected chi connectivity index (χ3v) is 6.21. The SMILES string of the molecule is Fc1ccc([C@@H]2Oc3ccccc3C3=C2[C@H](c2ccc(Br)cc2)n2ncnc2N3)cc1. The molecular formula is C24H16BrFN4O. The quantitative estimate of drug-likeness (QED) is 0.402. The molecule has 5 nitrogen and oxygen atoms in total. The average Bonchev–Trinajstić information content (AvgIpc) is 3.27. The molecule has 7 heteroatoms. The number of para-hydroxylation sites is 1. The van der Waals surface area contributed by atoms with Crippen LogP contribution in [-0.4, -0.2) is 14.8 Å². The fourth-order valence-electron chi connectivity index (χ4n) is 4.30. The van der Waals surface area contributed by atoms with Crippen LogP contribution in [0.15, 0.2) is 89.2 Å². The third-order valence-electron chi connectivity index (χ3n) is 5.68. The standard InChI is InChI=1S/C24H16BrFN4O/c25-16-9-5-14(6-10-16)22-20-21(29-24-27-13-28-30(22)24)18-3-1-2-4-19(18)31-23(20)15-7-11-17(26)12-8-15/h1-13,22-23H,(H,27,28,29)/t22-,23-/m0/s1. The number of fused-ring (bicyclic) bond motifs is 3. The van der Waals surface area contributed by atoms with Gasteiger partial charge in [-0.15, -0.1) is 0 Å². The minimum atomic E-state index is -0.413.